The SMILES string of the molecule is C=C[C@H]1[C@H](O[C@@H]2O[C@H](CO)[C@@H](O)[C@H](O)[C@H]2O)OC=C(C(=O)OC)[C@H]1C[C@@H]1NCCC2c3ccccc3NC21.CCOC(=O)c1cc2c(cn1)Cc1ccccc1-2.COCc1ccc(-c2nc(C(=O)O)cc3c2Cc2ccccc2-3)o1.O=C(O)c1c(-c2c[nH]c3cc(O)ccc23)ncc2c1-c1cc(O)ccc1C2.O=C(O)c1cc2c(c(-c3ccco3)n1)Cc1ccccc1-2. The first kappa shape index (κ1) is 85.9. The Bertz CT molecular complexity index is 6490. The van der Waals surface area contributed by atoms with Crippen molar-refractivity contribution in [2.24, 2.45) is 11.8 Å². The van der Waals surface area contributed by atoms with Crippen molar-refractivity contribution < 1.29 is 107 Å². The van der Waals surface area contributed by atoms with Crippen LogP contribution in [0.25, 0.3) is 89.6 Å². The largest absolute Gasteiger partial charge is 0.508 e. The number of carbonyl (C=O) groups is 5. The van der Waals surface area contributed by atoms with Gasteiger partial charge in [0.25, 0.3) is 0 Å². The zero-order chi connectivity index (χ0) is 89.3. The van der Waals surface area contributed by atoms with Crippen LogP contribution in [0.15, 0.2) is 234 Å². The van der Waals surface area contributed by atoms with Crippen LogP contribution in [0, 0.1) is 11.8 Å². The molecule has 21 rings (SSSR count). The van der Waals surface area contributed by atoms with Crippen LogP contribution in [0.2, 0.25) is 0 Å². The maximum Gasteiger partial charge on any atom is 0.356 e. The van der Waals surface area contributed by atoms with E-state index in [1.807, 2.05) is 84.9 Å². The number of rotatable bonds is 17. The number of aromatic amines is 1. The molecular weight excluding hydrogens is 1640 g/mol. The summed E-state index contributed by atoms with van der Waals surface area (Å²) < 4.78 is 43.5. The summed E-state index contributed by atoms with van der Waals surface area (Å²) in [6.07, 6.45) is 5.92. The van der Waals surface area contributed by atoms with E-state index in [0.717, 1.165) is 92.5 Å². The number of nitrogens with one attached hydrogen (secondary N) is 3. The Kier molecular flexibility index (Phi) is 24.6. The zero-order valence-electron chi connectivity index (χ0n) is 69.5. The quantitative estimate of drug-likeness (QED) is 0.0297. The number of carboxylic acids is 3. The number of fused-ring (bicyclic) bond motifs is 16. The Morgan fingerprint density at radius 3 is 1.88 bits per heavy atom. The molecule has 0 saturated carbocycles. The molecule has 0 radical (unpaired) electrons. The third kappa shape index (κ3) is 16.8. The fourth-order valence-electron chi connectivity index (χ4n) is 18.4. The number of carboxylic acid groups (broad SMARTS) is 3. The first-order chi connectivity index (χ1) is 62.1. The van der Waals surface area contributed by atoms with Crippen molar-refractivity contribution in [2.45, 2.75) is 107 Å². The van der Waals surface area contributed by atoms with Gasteiger partial charge in [0, 0.05) is 115 Å². The molecule has 2 saturated heterocycles. The number of hydrogen-bond donors (Lipinski definition) is 12. The van der Waals surface area contributed by atoms with Gasteiger partial charge in [0.05, 0.1) is 49.7 Å². The number of esters is 2. The lowest BCUT2D eigenvalue weighted by molar-refractivity contribution is -0.339. The highest BCUT2D eigenvalue weighted by atomic mass is 16.8. The molecule has 2 fully saturated rings. The number of benzene rings is 6. The summed E-state index contributed by atoms with van der Waals surface area (Å²) in [7, 11) is 2.91. The van der Waals surface area contributed by atoms with Gasteiger partial charge in [0.1, 0.15) is 76.8 Å². The Morgan fingerprint density at radius 2 is 1.23 bits per heavy atom. The van der Waals surface area contributed by atoms with Crippen molar-refractivity contribution in [3.63, 3.8) is 0 Å². The van der Waals surface area contributed by atoms with Gasteiger partial charge in [-0.1, -0.05) is 103 Å². The Labute approximate surface area is 732 Å². The molecule has 4 aliphatic carbocycles. The van der Waals surface area contributed by atoms with Crippen LogP contribution in [-0.4, -0.2) is 184 Å². The summed E-state index contributed by atoms with van der Waals surface area (Å²) in [5.74, 6) is -2.59. The number of phenols is 2. The minimum absolute atomic E-state index is 0.00710. The number of piperidine rings is 1. The number of hydrogen-bond acceptors (Lipinski definition) is 25. The number of pyridine rings is 4. The lowest BCUT2D eigenvalue weighted by Crippen LogP contribution is -2.60. The fraction of sp³-hybridized carbons (Fsp3) is 0.242. The third-order valence-electron chi connectivity index (χ3n) is 24.4. The summed E-state index contributed by atoms with van der Waals surface area (Å²) >= 11 is 0. The van der Waals surface area contributed by atoms with Crippen molar-refractivity contribution in [1.82, 2.24) is 30.2 Å². The number of nitrogens with zero attached hydrogens (tertiary/aromatic N) is 4. The van der Waals surface area contributed by atoms with E-state index in [0.29, 0.717) is 101 Å². The fourth-order valence-corrected chi connectivity index (χ4v) is 18.4. The third-order valence-corrected chi connectivity index (χ3v) is 24.4. The van der Waals surface area contributed by atoms with E-state index in [4.69, 9.17) is 37.3 Å². The van der Waals surface area contributed by atoms with E-state index >= 15 is 0 Å². The average molecular weight is 1730 g/mol. The lowest BCUT2D eigenvalue weighted by atomic mass is 9.75. The number of aromatic nitrogens is 5. The minimum Gasteiger partial charge on any atom is -0.508 e. The lowest BCUT2D eigenvalue weighted by Gasteiger charge is -2.44. The number of furan rings is 2. The number of ether oxygens (including phenoxy) is 6. The van der Waals surface area contributed by atoms with Gasteiger partial charge in [-0.3, -0.25) is 4.98 Å². The maximum absolute atomic E-state index is 12.8. The predicted molar refractivity (Wildman–Crippen MR) is 468 cm³/mol. The van der Waals surface area contributed by atoms with Gasteiger partial charge in [-0.25, -0.2) is 38.9 Å². The standard InChI is InChI=1S/C27H36N2O9.C21H14N2O4.C19H15NO4.C17H11NO3.C15H13NO2/c1-3-13-16(10-19-21-15(8-9-28-19)14-6-4-5-7-18(14)29-21)17(25(34)35-2)12-36-26(13)38-27-24(33)23(32)22(31)20(11-30)37-27;24-12-2-1-10-5-11-8-23-20(19(21(26)27)18(11)15(10)6-12)16-9-22-17-7-13(25)3-4-14(16)17;1-23-10-12-6-7-17(24-12)18-15-8-11-4-2-3-5-13(11)14(15)9-16(20-18)19(21)22;19-17(20)14-9-12-11-5-2-1-4-10(11)8-13(12)16(18-14)15-6-3-7-21-15;1-2-18-15(17)14-8-13-11(9-16-14)7-10-5-3-4-6-12(10)13/h3-7,12-13,15-16,19-24,26-33H,1,8-11H2,2H3;1-4,6-9,22,24-25H,5H2,(H,26,27);2-7,9H,8,10H2,1H3,(H,21,22);1-7,9H,8H2,(H,19,20);3-6,8-9H,2,7H2,1H3/t13-,15?,16+,19+,20-,21?,22-,23+,24-,26+,27+;;;;/m1..../s1. The van der Waals surface area contributed by atoms with E-state index in [1.54, 1.807) is 99.6 Å². The first-order valence-electron chi connectivity index (χ1n) is 41.7. The van der Waals surface area contributed by atoms with E-state index < -0.39 is 79.3 Å². The highest BCUT2D eigenvalue weighted by Gasteiger charge is 2.50. The Morgan fingerprint density at radius 1 is 0.594 bits per heavy atom. The van der Waals surface area contributed by atoms with Crippen LogP contribution in [0.3, 0.4) is 0 Å². The second-order valence-electron chi connectivity index (χ2n) is 31.9. The van der Waals surface area contributed by atoms with Gasteiger partial charge >= 0.3 is 29.8 Å². The van der Waals surface area contributed by atoms with Crippen LogP contribution >= 0.6 is 0 Å². The van der Waals surface area contributed by atoms with Gasteiger partial charge < -0.3 is 98.8 Å². The highest BCUT2D eigenvalue weighted by molar-refractivity contribution is 6.08. The Balaban J connectivity index is 0.000000115. The van der Waals surface area contributed by atoms with E-state index in [1.165, 1.54) is 46.8 Å². The summed E-state index contributed by atoms with van der Waals surface area (Å²) in [6, 6.07) is 54.9. The maximum atomic E-state index is 12.8. The molecule has 11 atom stereocenters. The molecular formula is C99H89N7O22. The van der Waals surface area contributed by atoms with Crippen LogP contribution in [0.5, 0.6) is 11.5 Å². The van der Waals surface area contributed by atoms with Crippen molar-refractivity contribution in [1.29, 1.82) is 0 Å². The summed E-state index contributed by atoms with van der Waals surface area (Å²) in [4.78, 5) is 79.8. The number of H-pyrrole nitrogens is 1. The van der Waals surface area contributed by atoms with Crippen LogP contribution in [0.1, 0.15) is 123 Å². The van der Waals surface area contributed by atoms with Crippen LogP contribution in [-0.2, 0) is 65.5 Å². The van der Waals surface area contributed by atoms with Crippen molar-refractivity contribution in [2.75, 3.05) is 39.3 Å². The molecule has 0 spiro atoms. The van der Waals surface area contributed by atoms with Crippen molar-refractivity contribution in [3.05, 3.63) is 304 Å². The van der Waals surface area contributed by atoms with Gasteiger partial charge in [0.15, 0.2) is 17.8 Å². The summed E-state index contributed by atoms with van der Waals surface area (Å²) in [5.41, 5.74) is 22.5. The number of methoxy groups -OCH3 is 2. The smallest absolute Gasteiger partial charge is 0.356 e. The summed E-state index contributed by atoms with van der Waals surface area (Å²) in [5, 5.41) is 96.5. The summed E-state index contributed by atoms with van der Waals surface area (Å²) in [6.45, 7) is 6.73. The number of carbonyl (C=O) groups excluding carboxylic acids is 2. The average Bonchev–Trinajstić information content (AvgIpc) is 1.74. The monoisotopic (exact) mass is 1730 g/mol. The van der Waals surface area contributed by atoms with Crippen molar-refractivity contribution >= 4 is 46.4 Å². The minimum atomic E-state index is -1.59. The highest BCUT2D eigenvalue weighted by Crippen LogP contribution is 2.49. The second-order valence-corrected chi connectivity index (χ2v) is 31.9. The molecule has 2 unspecified atom stereocenters. The number of aliphatic hydroxyl groups is 4. The molecule has 12 N–H and O–H groups in total. The molecule has 128 heavy (non-hydrogen) atoms. The molecule has 0 amide bonds. The van der Waals surface area contributed by atoms with Crippen molar-refractivity contribution in [3.8, 4) is 90.2 Å². The van der Waals surface area contributed by atoms with Gasteiger partial charge in [-0.05, 0) is 188 Å². The molecule has 7 aromatic heterocycles. The number of phenolic OH excluding ortho intramolecular Hbond substituents is 2. The van der Waals surface area contributed by atoms with Gasteiger partial charge in [-0.2, -0.15) is 0 Å². The second kappa shape index (κ2) is 36.7. The topological polar surface area (TPSA) is 440 Å². The molecule has 8 aliphatic rings. The van der Waals surface area contributed by atoms with E-state index in [2.05, 4.69) is 78.5 Å². The molecule has 6 aromatic carbocycles. The molecule has 29 nitrogen and oxygen atoms in total. The van der Waals surface area contributed by atoms with Crippen LogP contribution < -0.4 is 10.6 Å². The molecule has 11 heterocycles. The molecule has 13 aromatic rings. The molecule has 4 aliphatic heterocycles. The van der Waals surface area contributed by atoms with E-state index in [9.17, 15) is 69.9 Å². The number of aromatic carboxylic acids is 3. The number of anilines is 1. The number of aromatic hydroxyl groups is 2. The van der Waals surface area contributed by atoms with Crippen LogP contribution in [0.4, 0.5) is 5.69 Å². The number of aliphatic hydroxyl groups excluding tert-OH is 4. The number of para-hydroxylation sites is 1. The van der Waals surface area contributed by atoms with Gasteiger partial charge in [0.2, 0.25) is 6.29 Å². The predicted octanol–water partition coefficient (Wildman–Crippen LogP) is 14.1. The molecule has 652 valence electrons. The molecule has 29 heteroatoms. The molecule has 0 bridgehead atoms. The Hall–Kier alpha value is -14.3. The first-order valence-corrected chi connectivity index (χ1v) is 41.7. The van der Waals surface area contributed by atoms with E-state index in [-0.39, 0.29) is 46.5 Å². The van der Waals surface area contributed by atoms with Gasteiger partial charge in [-0.15, -0.1) is 6.58 Å². The normalized spacial score (nSPS) is 20.4. The zero-order valence-corrected chi connectivity index (χ0v) is 69.5.